The lowest BCUT2D eigenvalue weighted by atomic mass is 9.60. The highest BCUT2D eigenvalue weighted by atomic mass is 16.3. The van der Waals surface area contributed by atoms with Gasteiger partial charge >= 0.3 is 0 Å². The number of hydrogen-bond acceptors (Lipinski definition) is 2. The first-order chi connectivity index (χ1) is 8.11. The summed E-state index contributed by atoms with van der Waals surface area (Å²) in [7, 11) is 0. The molecule has 2 atom stereocenters. The topological polar surface area (TPSA) is 40.5 Å². The van der Waals surface area contributed by atoms with E-state index in [9.17, 15) is 10.2 Å². The van der Waals surface area contributed by atoms with Gasteiger partial charge in [-0.1, -0.05) is 51.9 Å². The highest BCUT2D eigenvalue weighted by Gasteiger charge is 2.49. The lowest BCUT2D eigenvalue weighted by Gasteiger charge is -2.48. The summed E-state index contributed by atoms with van der Waals surface area (Å²) in [5.41, 5.74) is -0.0906. The van der Waals surface area contributed by atoms with Gasteiger partial charge in [-0.05, 0) is 11.1 Å². The highest BCUT2D eigenvalue weighted by molar-refractivity contribution is 5.44. The van der Waals surface area contributed by atoms with Crippen molar-refractivity contribution < 1.29 is 13.0 Å². The Morgan fingerprint density at radius 3 is 1.56 bits per heavy atom. The molecule has 0 saturated heterocycles. The van der Waals surface area contributed by atoms with Gasteiger partial charge in [-0.3, -0.25) is 0 Å². The molecule has 1 aromatic carbocycles. The Morgan fingerprint density at radius 1 is 0.938 bits per heavy atom. The van der Waals surface area contributed by atoms with Gasteiger partial charge in [0.05, 0.1) is 14.9 Å². The molecule has 0 bridgehead atoms. The van der Waals surface area contributed by atoms with Crippen molar-refractivity contribution in [3.05, 3.63) is 35.3 Å². The zero-order chi connectivity index (χ0) is 13.9. The molecule has 0 fully saturated rings. The minimum absolute atomic E-state index is 0.324. The monoisotopic (exact) mass is 222 g/mol. The maximum Gasteiger partial charge on any atom is 0.0898 e. The molecule has 2 heteroatoms. The first-order valence-corrected chi connectivity index (χ1v) is 5.59. The van der Waals surface area contributed by atoms with Crippen LogP contribution in [0.25, 0.3) is 0 Å². The fraction of sp³-hybridized carbons (Fsp3) is 0.571. The number of aliphatic hydroxyl groups excluding tert-OH is 2. The normalized spacial score (nSPS) is 32.6. The van der Waals surface area contributed by atoms with Crippen LogP contribution in [0.5, 0.6) is 0 Å². The first kappa shape index (κ1) is 9.20. The zero-order valence-electron chi connectivity index (χ0n) is 12.2. The Bertz CT molecular complexity index is 450. The molecule has 1 aliphatic carbocycles. The van der Waals surface area contributed by atoms with Crippen LogP contribution >= 0.6 is 0 Å². The smallest absolute Gasteiger partial charge is 0.0898 e. The zero-order valence-corrected chi connectivity index (χ0v) is 10.2. The van der Waals surface area contributed by atoms with Crippen LogP contribution in [-0.2, 0) is 10.8 Å². The summed E-state index contributed by atoms with van der Waals surface area (Å²) in [6, 6.07) is 3.82. The van der Waals surface area contributed by atoms with Crippen LogP contribution in [-0.4, -0.2) is 22.4 Å². The Balaban J connectivity index is 2.86. The summed E-state index contributed by atoms with van der Waals surface area (Å²) in [4.78, 5) is 0. The molecular weight excluding hydrogens is 200 g/mol. The number of fused-ring (bicyclic) bond motifs is 1. The van der Waals surface area contributed by atoms with E-state index in [2.05, 4.69) is 0 Å². The molecule has 2 nitrogen and oxygen atoms in total. The van der Waals surface area contributed by atoms with Crippen molar-refractivity contribution in [2.45, 2.75) is 50.7 Å². The Labute approximate surface area is 99.7 Å². The van der Waals surface area contributed by atoms with E-state index in [0.29, 0.717) is 23.2 Å². The minimum Gasteiger partial charge on any atom is -0.389 e. The molecule has 0 radical (unpaired) electrons. The predicted octanol–water partition coefficient (Wildman–Crippen LogP) is 1.98. The molecule has 88 valence electrons. The van der Waals surface area contributed by atoms with Crippen molar-refractivity contribution in [3.8, 4) is 0 Å². The van der Waals surface area contributed by atoms with Gasteiger partial charge in [0, 0.05) is 10.8 Å². The van der Waals surface area contributed by atoms with Crippen LogP contribution in [0, 0.1) is 0 Å². The lowest BCUT2D eigenvalue weighted by molar-refractivity contribution is -0.0673. The van der Waals surface area contributed by atoms with Crippen molar-refractivity contribution in [1.29, 1.82) is 0 Å². The third kappa shape index (κ3) is 1.33. The number of hydrogen-bond donors (Lipinski definition) is 2. The van der Waals surface area contributed by atoms with Gasteiger partial charge in [0.25, 0.3) is 0 Å². The van der Waals surface area contributed by atoms with Gasteiger partial charge in [-0.25, -0.2) is 0 Å². The quantitative estimate of drug-likeness (QED) is 0.704. The summed E-state index contributed by atoms with van der Waals surface area (Å²) in [5.74, 6) is 0. The first-order valence-electron chi connectivity index (χ1n) is 6.59. The van der Waals surface area contributed by atoms with Gasteiger partial charge in [0.1, 0.15) is 0 Å². The van der Waals surface area contributed by atoms with E-state index in [-0.39, 0.29) is 0 Å². The van der Waals surface area contributed by atoms with E-state index in [1.54, 1.807) is 12.1 Å². The van der Waals surface area contributed by atoms with E-state index in [1.165, 1.54) is 0 Å². The third-order valence-electron chi connectivity index (χ3n) is 3.86. The molecule has 0 heterocycles. The lowest BCUT2D eigenvalue weighted by Crippen LogP contribution is -2.56. The molecule has 0 amide bonds. The number of aliphatic hydroxyl groups is 2. The molecule has 16 heavy (non-hydrogen) atoms. The predicted molar refractivity (Wildman–Crippen MR) is 64.5 cm³/mol. The SMILES string of the molecule is [2H]c1ccc([2H])c2c1C(C)(C)[C@@H](O)[C@H](O)C2(C)C. The maximum absolute atomic E-state index is 10.3. The van der Waals surface area contributed by atoms with Crippen LogP contribution in [0.2, 0.25) is 0 Å². The van der Waals surface area contributed by atoms with Gasteiger partial charge in [0.2, 0.25) is 0 Å². The molecule has 0 aromatic heterocycles. The molecule has 1 aromatic rings. The fourth-order valence-corrected chi connectivity index (χ4v) is 2.50. The molecule has 0 aliphatic heterocycles. The fourth-order valence-electron chi connectivity index (χ4n) is 2.50. The molecule has 1 aliphatic rings. The Hall–Kier alpha value is -0.860. The van der Waals surface area contributed by atoms with Crippen molar-refractivity contribution in [2.24, 2.45) is 0 Å². The van der Waals surface area contributed by atoms with Gasteiger partial charge in [0.15, 0.2) is 0 Å². The van der Waals surface area contributed by atoms with Crippen molar-refractivity contribution in [2.75, 3.05) is 0 Å². The van der Waals surface area contributed by atoms with Crippen LogP contribution in [0.4, 0.5) is 0 Å². The second-order valence-electron chi connectivity index (χ2n) is 5.71. The third-order valence-corrected chi connectivity index (χ3v) is 3.86. The second-order valence-corrected chi connectivity index (χ2v) is 5.71. The van der Waals surface area contributed by atoms with Gasteiger partial charge < -0.3 is 10.2 Å². The van der Waals surface area contributed by atoms with Gasteiger partial charge in [-0.15, -0.1) is 0 Å². The largest absolute Gasteiger partial charge is 0.389 e. The minimum atomic E-state index is -0.939. The highest BCUT2D eigenvalue weighted by Crippen LogP contribution is 2.45. The summed E-state index contributed by atoms with van der Waals surface area (Å²) in [6.07, 6.45) is -1.88. The molecule has 2 N–H and O–H groups in total. The second kappa shape index (κ2) is 3.31. The number of benzene rings is 1. The Morgan fingerprint density at radius 2 is 1.25 bits per heavy atom. The Kier molecular flexibility index (Phi) is 1.91. The summed E-state index contributed by atoms with van der Waals surface area (Å²) in [5, 5.41) is 20.6. The van der Waals surface area contributed by atoms with E-state index >= 15 is 0 Å². The van der Waals surface area contributed by atoms with E-state index < -0.39 is 23.0 Å². The van der Waals surface area contributed by atoms with Crippen molar-refractivity contribution in [3.63, 3.8) is 0 Å². The maximum atomic E-state index is 10.3. The van der Waals surface area contributed by atoms with Crippen LogP contribution < -0.4 is 0 Å². The molecule has 0 saturated carbocycles. The molecule has 0 spiro atoms. The standard InChI is InChI=1S/C14H20O2/c1-13(2)9-7-5-6-8-10(9)14(3,4)12(16)11(13)15/h5-8,11-12,15-16H,1-4H3/t11-,12-/m0/s1/i7D,8D. The van der Waals surface area contributed by atoms with E-state index in [4.69, 9.17) is 2.74 Å². The molecular formula is C14H20O2. The van der Waals surface area contributed by atoms with Crippen molar-refractivity contribution in [1.82, 2.24) is 0 Å². The number of rotatable bonds is 0. The average molecular weight is 222 g/mol. The summed E-state index contributed by atoms with van der Waals surface area (Å²) < 4.78 is 16.1. The summed E-state index contributed by atoms with van der Waals surface area (Å²) in [6.45, 7) is 7.25. The van der Waals surface area contributed by atoms with Crippen LogP contribution in [0.15, 0.2) is 24.2 Å². The van der Waals surface area contributed by atoms with Crippen LogP contribution in [0.3, 0.4) is 0 Å². The van der Waals surface area contributed by atoms with Gasteiger partial charge in [-0.2, -0.15) is 0 Å². The molecule has 2 rings (SSSR count). The van der Waals surface area contributed by atoms with Crippen molar-refractivity contribution >= 4 is 0 Å². The van der Waals surface area contributed by atoms with E-state index in [0.717, 1.165) is 0 Å². The summed E-state index contributed by atoms with van der Waals surface area (Å²) >= 11 is 0. The molecule has 0 unspecified atom stereocenters. The van der Waals surface area contributed by atoms with Crippen LogP contribution in [0.1, 0.15) is 41.6 Å². The average Bonchev–Trinajstić information content (AvgIpc) is 2.27. The van der Waals surface area contributed by atoms with E-state index in [1.807, 2.05) is 27.7 Å².